The van der Waals surface area contributed by atoms with E-state index >= 15 is 0 Å². The van der Waals surface area contributed by atoms with Gasteiger partial charge in [-0.25, -0.2) is 0 Å². The zero-order valence-corrected chi connectivity index (χ0v) is 8.60. The molecule has 0 saturated carbocycles. The van der Waals surface area contributed by atoms with Crippen LogP contribution in [0, 0.1) is 0 Å². The number of carbonyl (C=O) groups excluding carboxylic acids is 1. The number of hydrogen-bond donors (Lipinski definition) is 2. The molecule has 0 bridgehead atoms. The van der Waals surface area contributed by atoms with Gasteiger partial charge in [-0.3, -0.25) is 4.79 Å². The molecule has 0 aromatic heterocycles. The van der Waals surface area contributed by atoms with Crippen LogP contribution in [-0.4, -0.2) is 18.4 Å². The van der Waals surface area contributed by atoms with E-state index in [-0.39, 0.29) is 11.8 Å². The highest BCUT2D eigenvalue weighted by Gasteiger charge is 2.11. The summed E-state index contributed by atoms with van der Waals surface area (Å²) < 4.78 is 0. The first kappa shape index (κ1) is 12.2. The van der Waals surface area contributed by atoms with Gasteiger partial charge in [0.1, 0.15) is 0 Å². The summed E-state index contributed by atoms with van der Waals surface area (Å²) in [6.07, 6.45) is 2.81. The van der Waals surface area contributed by atoms with Crippen molar-refractivity contribution in [1.29, 1.82) is 0 Å². The highest BCUT2D eigenvalue weighted by atomic mass is 16.1. The number of ketones is 1. The maximum absolute atomic E-state index is 11.1. The van der Waals surface area contributed by atoms with Gasteiger partial charge in [-0.2, -0.15) is 0 Å². The van der Waals surface area contributed by atoms with Gasteiger partial charge in [0.25, 0.3) is 0 Å². The van der Waals surface area contributed by atoms with Crippen LogP contribution in [-0.2, 0) is 4.79 Å². The Bertz CT molecular complexity index is 178. The number of rotatable bonds is 7. The quantitative estimate of drug-likeness (QED) is 0.584. The minimum atomic E-state index is -0.0796. The lowest BCUT2D eigenvalue weighted by molar-refractivity contribution is -0.119. The first-order valence-corrected chi connectivity index (χ1v) is 4.70. The number of allylic oxidation sites excluding steroid dienone is 1. The van der Waals surface area contributed by atoms with E-state index in [0.717, 1.165) is 25.0 Å². The van der Waals surface area contributed by atoms with Crippen LogP contribution in [0.4, 0.5) is 0 Å². The average Bonchev–Trinajstić information content (AvgIpc) is 2.02. The van der Waals surface area contributed by atoms with Gasteiger partial charge in [0.2, 0.25) is 0 Å². The van der Waals surface area contributed by atoms with Crippen LogP contribution in [0.25, 0.3) is 0 Å². The third-order valence-electron chi connectivity index (χ3n) is 1.86. The molecule has 3 nitrogen and oxygen atoms in total. The minimum Gasteiger partial charge on any atom is -0.379 e. The van der Waals surface area contributed by atoms with Crippen LogP contribution in [0.2, 0.25) is 0 Å². The van der Waals surface area contributed by atoms with Crippen molar-refractivity contribution >= 4 is 5.78 Å². The molecule has 0 fully saturated rings. The van der Waals surface area contributed by atoms with E-state index in [4.69, 9.17) is 5.73 Å². The molecule has 13 heavy (non-hydrogen) atoms. The number of nitrogens with one attached hydrogen (secondary N) is 1. The Kier molecular flexibility index (Phi) is 6.24. The van der Waals surface area contributed by atoms with E-state index in [1.54, 1.807) is 6.92 Å². The number of hydrogen-bond acceptors (Lipinski definition) is 3. The fourth-order valence-electron chi connectivity index (χ4n) is 1.17. The summed E-state index contributed by atoms with van der Waals surface area (Å²) in [5.41, 5.74) is 6.21. The lowest BCUT2D eigenvalue weighted by atomic mass is 10.1. The van der Waals surface area contributed by atoms with Crippen LogP contribution < -0.4 is 11.1 Å². The lowest BCUT2D eigenvalue weighted by Crippen LogP contribution is -2.33. The Hall–Kier alpha value is -0.830. The van der Waals surface area contributed by atoms with Gasteiger partial charge in [0.15, 0.2) is 5.78 Å². The second-order valence-corrected chi connectivity index (χ2v) is 3.37. The van der Waals surface area contributed by atoms with Crippen molar-refractivity contribution in [2.75, 3.05) is 6.54 Å². The van der Waals surface area contributed by atoms with Crippen molar-refractivity contribution in [2.45, 2.75) is 39.2 Å². The number of carbonyl (C=O) groups is 1. The molecule has 0 amide bonds. The summed E-state index contributed by atoms with van der Waals surface area (Å²) in [7, 11) is 0. The molecule has 1 atom stereocenters. The summed E-state index contributed by atoms with van der Waals surface area (Å²) in [5.74, 6) is 0.167. The summed E-state index contributed by atoms with van der Waals surface area (Å²) in [6, 6.07) is -0.0796. The van der Waals surface area contributed by atoms with Gasteiger partial charge in [0.05, 0.1) is 6.04 Å². The lowest BCUT2D eigenvalue weighted by Gasteiger charge is -2.16. The highest BCUT2D eigenvalue weighted by Crippen LogP contribution is 2.02. The van der Waals surface area contributed by atoms with Crippen LogP contribution in [0.5, 0.6) is 0 Å². The van der Waals surface area contributed by atoms with Crippen molar-refractivity contribution in [3.63, 3.8) is 0 Å². The fourth-order valence-corrected chi connectivity index (χ4v) is 1.17. The second-order valence-electron chi connectivity index (χ2n) is 3.37. The third kappa shape index (κ3) is 6.34. The highest BCUT2D eigenvalue weighted by molar-refractivity contribution is 5.81. The molecule has 0 spiro atoms. The van der Waals surface area contributed by atoms with E-state index in [1.807, 2.05) is 6.92 Å². The smallest absolute Gasteiger partial charge is 0.151 e. The predicted octanol–water partition coefficient (Wildman–Crippen LogP) is 1.20. The fraction of sp³-hybridized carbons (Fsp3) is 0.700. The van der Waals surface area contributed by atoms with Crippen LogP contribution in [0.1, 0.15) is 33.1 Å². The van der Waals surface area contributed by atoms with E-state index in [2.05, 4.69) is 11.9 Å². The molecule has 1 unspecified atom stereocenters. The molecule has 0 aliphatic heterocycles. The van der Waals surface area contributed by atoms with Gasteiger partial charge >= 0.3 is 0 Å². The Balaban J connectivity index is 3.81. The van der Waals surface area contributed by atoms with E-state index in [0.29, 0.717) is 6.54 Å². The van der Waals surface area contributed by atoms with Crippen molar-refractivity contribution in [2.24, 2.45) is 5.73 Å². The maximum atomic E-state index is 11.1. The van der Waals surface area contributed by atoms with E-state index in [1.165, 1.54) is 0 Å². The predicted molar refractivity (Wildman–Crippen MR) is 55.3 cm³/mol. The second kappa shape index (κ2) is 6.66. The SMILES string of the molecule is C=C(C)NC(CCCCN)C(C)=O. The molecule has 0 aliphatic carbocycles. The molecule has 0 saturated heterocycles. The largest absolute Gasteiger partial charge is 0.379 e. The summed E-state index contributed by atoms with van der Waals surface area (Å²) in [5, 5.41) is 3.05. The average molecular weight is 184 g/mol. The Morgan fingerprint density at radius 1 is 1.46 bits per heavy atom. The first-order chi connectivity index (χ1) is 6.07. The van der Waals surface area contributed by atoms with Crippen molar-refractivity contribution in [3.8, 4) is 0 Å². The summed E-state index contributed by atoms with van der Waals surface area (Å²) >= 11 is 0. The van der Waals surface area contributed by atoms with Crippen molar-refractivity contribution < 1.29 is 4.79 Å². The van der Waals surface area contributed by atoms with Crippen LogP contribution in [0.15, 0.2) is 12.3 Å². The Morgan fingerprint density at radius 2 is 2.08 bits per heavy atom. The Labute approximate surface area is 80.4 Å². The van der Waals surface area contributed by atoms with Gasteiger partial charge in [-0.15, -0.1) is 0 Å². The van der Waals surface area contributed by atoms with Crippen molar-refractivity contribution in [1.82, 2.24) is 5.32 Å². The van der Waals surface area contributed by atoms with E-state index in [9.17, 15) is 4.79 Å². The number of Topliss-reactive ketones (excluding diaryl/α,β-unsaturated/α-hetero) is 1. The molecular weight excluding hydrogens is 164 g/mol. The minimum absolute atomic E-state index is 0.0796. The molecule has 0 heterocycles. The first-order valence-electron chi connectivity index (χ1n) is 4.70. The van der Waals surface area contributed by atoms with Crippen LogP contribution >= 0.6 is 0 Å². The van der Waals surface area contributed by atoms with E-state index < -0.39 is 0 Å². The third-order valence-corrected chi connectivity index (χ3v) is 1.86. The molecule has 76 valence electrons. The molecule has 0 aromatic rings. The van der Waals surface area contributed by atoms with Gasteiger partial charge in [0, 0.05) is 5.70 Å². The van der Waals surface area contributed by atoms with Gasteiger partial charge in [-0.05, 0) is 39.7 Å². The zero-order chi connectivity index (χ0) is 10.3. The normalized spacial score (nSPS) is 12.2. The summed E-state index contributed by atoms with van der Waals surface area (Å²) in [6.45, 7) is 7.87. The molecule has 0 radical (unpaired) electrons. The van der Waals surface area contributed by atoms with Crippen LogP contribution in [0.3, 0.4) is 0 Å². The summed E-state index contributed by atoms with van der Waals surface area (Å²) in [4.78, 5) is 11.1. The Morgan fingerprint density at radius 3 is 2.46 bits per heavy atom. The molecular formula is C10H20N2O. The molecule has 0 aliphatic rings. The molecule has 3 N–H and O–H groups in total. The van der Waals surface area contributed by atoms with Gasteiger partial charge in [-0.1, -0.05) is 6.58 Å². The topological polar surface area (TPSA) is 55.1 Å². The monoisotopic (exact) mass is 184 g/mol. The standard InChI is InChI=1S/C10H20N2O/c1-8(2)12-10(9(3)13)6-4-5-7-11/h10,12H,1,4-7,11H2,2-3H3. The number of unbranched alkanes of at least 4 members (excludes halogenated alkanes) is 1. The molecule has 0 aromatic carbocycles. The molecule has 3 heteroatoms. The van der Waals surface area contributed by atoms with Gasteiger partial charge < -0.3 is 11.1 Å². The molecule has 0 rings (SSSR count). The maximum Gasteiger partial charge on any atom is 0.151 e. The number of nitrogens with two attached hydrogens (primary N) is 1. The van der Waals surface area contributed by atoms with Crippen molar-refractivity contribution in [3.05, 3.63) is 12.3 Å². The zero-order valence-electron chi connectivity index (χ0n) is 8.60.